The average Bonchev–Trinajstić information content (AvgIpc) is 3.17. The quantitative estimate of drug-likeness (QED) is 0.866. The van der Waals surface area contributed by atoms with Gasteiger partial charge in [-0.05, 0) is 24.8 Å². The lowest BCUT2D eigenvalue weighted by atomic mass is 9.89. The Hall–Kier alpha value is -1.85. The van der Waals surface area contributed by atoms with Gasteiger partial charge in [0.2, 0.25) is 11.8 Å². The molecule has 0 aromatic carbocycles. The lowest BCUT2D eigenvalue weighted by Crippen LogP contribution is -2.38. The monoisotopic (exact) mass is 318 g/mol. The third kappa shape index (κ3) is 4.56. The van der Waals surface area contributed by atoms with Gasteiger partial charge >= 0.3 is 0 Å². The summed E-state index contributed by atoms with van der Waals surface area (Å²) in [6, 6.07) is 1.81. The standard InChI is InChI=1S/C17H26N4O2/c22-16(7-10-21-9-4-8-18-21)19-15-11-17(23)20(13-15)12-14-5-2-1-3-6-14/h4,8-9,14-15H,1-3,5-7,10-13H2,(H,19,22)/t15-/m0/s1. The molecule has 1 aliphatic carbocycles. The molecular weight excluding hydrogens is 292 g/mol. The van der Waals surface area contributed by atoms with Crippen LogP contribution in [0, 0.1) is 5.92 Å². The van der Waals surface area contributed by atoms with E-state index >= 15 is 0 Å². The molecule has 0 unspecified atom stereocenters. The second-order valence-electron chi connectivity index (χ2n) is 6.79. The summed E-state index contributed by atoms with van der Waals surface area (Å²) in [5, 5.41) is 7.08. The van der Waals surface area contributed by atoms with Crippen molar-refractivity contribution in [3.05, 3.63) is 18.5 Å². The number of likely N-dealkylation sites (tertiary alicyclic amines) is 1. The average molecular weight is 318 g/mol. The molecule has 1 aromatic heterocycles. The van der Waals surface area contributed by atoms with Crippen LogP contribution in [-0.4, -0.2) is 45.6 Å². The van der Waals surface area contributed by atoms with Gasteiger partial charge in [-0.3, -0.25) is 14.3 Å². The first kappa shape index (κ1) is 16.0. The lowest BCUT2D eigenvalue weighted by molar-refractivity contribution is -0.128. The second-order valence-corrected chi connectivity index (χ2v) is 6.79. The van der Waals surface area contributed by atoms with E-state index in [1.165, 1.54) is 32.1 Å². The fourth-order valence-electron chi connectivity index (χ4n) is 3.68. The number of aryl methyl sites for hydroxylation is 1. The number of aromatic nitrogens is 2. The van der Waals surface area contributed by atoms with Crippen molar-refractivity contribution >= 4 is 11.8 Å². The zero-order chi connectivity index (χ0) is 16.1. The highest BCUT2D eigenvalue weighted by Gasteiger charge is 2.32. The van der Waals surface area contributed by atoms with Crippen LogP contribution in [0.1, 0.15) is 44.9 Å². The van der Waals surface area contributed by atoms with E-state index in [9.17, 15) is 9.59 Å². The highest BCUT2D eigenvalue weighted by atomic mass is 16.2. The highest BCUT2D eigenvalue weighted by molar-refractivity contribution is 5.82. The van der Waals surface area contributed by atoms with Gasteiger partial charge in [0, 0.05) is 44.9 Å². The lowest BCUT2D eigenvalue weighted by Gasteiger charge is -2.27. The highest BCUT2D eigenvalue weighted by Crippen LogP contribution is 2.26. The molecule has 3 rings (SSSR count). The Balaban J connectivity index is 1.40. The molecule has 6 heteroatoms. The zero-order valence-corrected chi connectivity index (χ0v) is 13.6. The molecule has 2 amide bonds. The molecule has 1 aromatic rings. The SMILES string of the molecule is O=C(CCn1cccn1)N[C@H]1CC(=O)N(CC2CCCCC2)C1. The van der Waals surface area contributed by atoms with Crippen LogP contribution in [0.25, 0.3) is 0 Å². The van der Waals surface area contributed by atoms with E-state index in [0.29, 0.717) is 31.8 Å². The minimum absolute atomic E-state index is 0.00202. The predicted octanol–water partition coefficient (Wildman–Crippen LogP) is 1.57. The topological polar surface area (TPSA) is 67.2 Å². The van der Waals surface area contributed by atoms with Crippen molar-refractivity contribution in [2.24, 2.45) is 5.92 Å². The molecule has 2 fully saturated rings. The van der Waals surface area contributed by atoms with E-state index < -0.39 is 0 Å². The molecule has 126 valence electrons. The fourth-order valence-corrected chi connectivity index (χ4v) is 3.68. The second kappa shape index (κ2) is 7.62. The van der Waals surface area contributed by atoms with Crippen LogP contribution in [0.4, 0.5) is 0 Å². The molecule has 23 heavy (non-hydrogen) atoms. The largest absolute Gasteiger partial charge is 0.351 e. The van der Waals surface area contributed by atoms with E-state index in [1.807, 2.05) is 17.2 Å². The number of carbonyl (C=O) groups excluding carboxylic acids is 2. The number of nitrogens with one attached hydrogen (secondary N) is 1. The van der Waals surface area contributed by atoms with Crippen molar-refractivity contribution in [3.8, 4) is 0 Å². The maximum absolute atomic E-state index is 12.1. The van der Waals surface area contributed by atoms with Gasteiger partial charge in [0.15, 0.2) is 0 Å². The third-order valence-corrected chi connectivity index (χ3v) is 4.91. The molecule has 1 atom stereocenters. The molecule has 1 aliphatic heterocycles. The van der Waals surface area contributed by atoms with Gasteiger partial charge in [0.1, 0.15) is 0 Å². The Kier molecular flexibility index (Phi) is 5.31. The molecule has 0 spiro atoms. The number of amides is 2. The molecule has 2 aliphatic rings. The first-order valence-electron chi connectivity index (χ1n) is 8.75. The van der Waals surface area contributed by atoms with Gasteiger partial charge < -0.3 is 10.2 Å². The summed E-state index contributed by atoms with van der Waals surface area (Å²) in [5.74, 6) is 0.840. The molecule has 6 nitrogen and oxygen atoms in total. The molecular formula is C17H26N4O2. The Morgan fingerprint density at radius 2 is 2.13 bits per heavy atom. The summed E-state index contributed by atoms with van der Waals surface area (Å²) in [7, 11) is 0. The summed E-state index contributed by atoms with van der Waals surface area (Å²) in [5.41, 5.74) is 0. The van der Waals surface area contributed by atoms with Crippen molar-refractivity contribution in [2.45, 2.75) is 57.5 Å². The predicted molar refractivity (Wildman–Crippen MR) is 86.5 cm³/mol. The van der Waals surface area contributed by atoms with Gasteiger partial charge in [-0.15, -0.1) is 0 Å². The first-order valence-corrected chi connectivity index (χ1v) is 8.75. The van der Waals surface area contributed by atoms with E-state index in [-0.39, 0.29) is 17.9 Å². The summed E-state index contributed by atoms with van der Waals surface area (Å²) >= 11 is 0. The third-order valence-electron chi connectivity index (χ3n) is 4.91. The van der Waals surface area contributed by atoms with Crippen molar-refractivity contribution in [1.29, 1.82) is 0 Å². The number of nitrogens with zero attached hydrogens (tertiary/aromatic N) is 3. The number of rotatable bonds is 6. The van der Waals surface area contributed by atoms with Gasteiger partial charge in [-0.2, -0.15) is 5.10 Å². The van der Waals surface area contributed by atoms with Crippen molar-refractivity contribution in [2.75, 3.05) is 13.1 Å². The minimum Gasteiger partial charge on any atom is -0.351 e. The smallest absolute Gasteiger partial charge is 0.224 e. The van der Waals surface area contributed by atoms with Crippen LogP contribution in [0.5, 0.6) is 0 Å². The van der Waals surface area contributed by atoms with Crippen LogP contribution in [0.2, 0.25) is 0 Å². The fraction of sp³-hybridized carbons (Fsp3) is 0.706. The summed E-state index contributed by atoms with van der Waals surface area (Å²) in [4.78, 5) is 26.1. The molecule has 0 bridgehead atoms. The Bertz CT molecular complexity index is 523. The molecule has 0 radical (unpaired) electrons. The van der Waals surface area contributed by atoms with Crippen molar-refractivity contribution in [1.82, 2.24) is 20.0 Å². The molecule has 1 N–H and O–H groups in total. The van der Waals surface area contributed by atoms with Crippen LogP contribution in [0.15, 0.2) is 18.5 Å². The molecule has 1 saturated carbocycles. The normalized spacial score (nSPS) is 22.5. The maximum Gasteiger partial charge on any atom is 0.224 e. The summed E-state index contributed by atoms with van der Waals surface area (Å²) in [6.07, 6.45) is 10.8. The van der Waals surface area contributed by atoms with Crippen LogP contribution >= 0.6 is 0 Å². The Morgan fingerprint density at radius 3 is 2.87 bits per heavy atom. The van der Waals surface area contributed by atoms with Gasteiger partial charge in [0.05, 0.1) is 6.04 Å². The minimum atomic E-state index is -0.0313. The molecule has 2 heterocycles. The zero-order valence-electron chi connectivity index (χ0n) is 13.6. The van der Waals surface area contributed by atoms with E-state index in [2.05, 4.69) is 10.4 Å². The summed E-state index contributed by atoms with van der Waals surface area (Å²) < 4.78 is 1.74. The van der Waals surface area contributed by atoms with Crippen LogP contribution in [-0.2, 0) is 16.1 Å². The van der Waals surface area contributed by atoms with E-state index in [1.54, 1.807) is 10.9 Å². The van der Waals surface area contributed by atoms with Gasteiger partial charge in [-0.1, -0.05) is 19.3 Å². The summed E-state index contributed by atoms with van der Waals surface area (Å²) in [6.45, 7) is 2.12. The van der Waals surface area contributed by atoms with Gasteiger partial charge in [-0.25, -0.2) is 0 Å². The number of carbonyl (C=O) groups is 2. The van der Waals surface area contributed by atoms with Crippen LogP contribution < -0.4 is 5.32 Å². The Labute approximate surface area is 137 Å². The Morgan fingerprint density at radius 1 is 1.30 bits per heavy atom. The molecule has 1 saturated heterocycles. The first-order chi connectivity index (χ1) is 11.2. The van der Waals surface area contributed by atoms with E-state index in [4.69, 9.17) is 0 Å². The van der Waals surface area contributed by atoms with Crippen molar-refractivity contribution < 1.29 is 9.59 Å². The van der Waals surface area contributed by atoms with E-state index in [0.717, 1.165) is 6.54 Å². The number of hydrogen-bond donors (Lipinski definition) is 1. The maximum atomic E-state index is 12.1. The van der Waals surface area contributed by atoms with Crippen LogP contribution in [0.3, 0.4) is 0 Å². The van der Waals surface area contributed by atoms with Crippen molar-refractivity contribution in [3.63, 3.8) is 0 Å². The van der Waals surface area contributed by atoms with Gasteiger partial charge in [0.25, 0.3) is 0 Å². The number of hydrogen-bond acceptors (Lipinski definition) is 3.